The summed E-state index contributed by atoms with van der Waals surface area (Å²) in [5, 5.41) is 0. The Morgan fingerprint density at radius 2 is 2.14 bits per heavy atom. The maximum atomic E-state index is 13.4. The van der Waals surface area contributed by atoms with Crippen LogP contribution in [0.25, 0.3) is 0 Å². The van der Waals surface area contributed by atoms with Gasteiger partial charge >= 0.3 is 0 Å². The molecule has 0 spiro atoms. The lowest BCUT2D eigenvalue weighted by atomic mass is 9.97. The number of primary amides is 1. The average molecular weight is 305 g/mol. The van der Waals surface area contributed by atoms with E-state index in [1.54, 1.807) is 11.0 Å². The minimum Gasteiger partial charge on any atom is -0.369 e. The minimum atomic E-state index is -0.342. The first-order valence-electron chi connectivity index (χ1n) is 7.65. The predicted molar refractivity (Wildman–Crippen MR) is 80.8 cm³/mol. The molecular weight excluding hydrogens is 285 g/mol. The number of anilines is 1. The van der Waals surface area contributed by atoms with Gasteiger partial charge in [0.25, 0.3) is 0 Å². The lowest BCUT2D eigenvalue weighted by molar-refractivity contribution is -0.133. The van der Waals surface area contributed by atoms with Gasteiger partial charge < -0.3 is 15.5 Å². The van der Waals surface area contributed by atoms with E-state index in [-0.39, 0.29) is 30.1 Å². The molecule has 2 aliphatic heterocycles. The Morgan fingerprint density at radius 3 is 2.91 bits per heavy atom. The van der Waals surface area contributed by atoms with Crippen LogP contribution in [0.1, 0.15) is 18.4 Å². The van der Waals surface area contributed by atoms with Gasteiger partial charge in [-0.05, 0) is 37.0 Å². The van der Waals surface area contributed by atoms with Crippen LogP contribution in [-0.2, 0) is 16.0 Å². The van der Waals surface area contributed by atoms with Gasteiger partial charge in [-0.25, -0.2) is 4.39 Å². The number of carbonyl (C=O) groups is 2. The fourth-order valence-corrected chi connectivity index (χ4v) is 3.28. The zero-order chi connectivity index (χ0) is 15.7. The van der Waals surface area contributed by atoms with Crippen molar-refractivity contribution in [1.82, 2.24) is 4.90 Å². The molecule has 1 atom stereocenters. The monoisotopic (exact) mass is 305 g/mol. The Bertz CT molecular complexity index is 605. The number of piperidine rings is 1. The van der Waals surface area contributed by atoms with Crippen LogP contribution in [0.2, 0.25) is 0 Å². The van der Waals surface area contributed by atoms with E-state index in [9.17, 15) is 14.0 Å². The van der Waals surface area contributed by atoms with Gasteiger partial charge in [0.1, 0.15) is 5.82 Å². The largest absolute Gasteiger partial charge is 0.369 e. The summed E-state index contributed by atoms with van der Waals surface area (Å²) in [4.78, 5) is 27.4. The van der Waals surface area contributed by atoms with Crippen molar-refractivity contribution in [3.05, 3.63) is 29.6 Å². The molecule has 1 aromatic carbocycles. The van der Waals surface area contributed by atoms with E-state index in [4.69, 9.17) is 5.73 Å². The highest BCUT2D eigenvalue weighted by Crippen LogP contribution is 2.28. The molecule has 0 bridgehead atoms. The van der Waals surface area contributed by atoms with E-state index < -0.39 is 0 Å². The number of carbonyl (C=O) groups excluding carboxylic acids is 2. The molecule has 0 aliphatic carbocycles. The Labute approximate surface area is 128 Å². The second-order valence-corrected chi connectivity index (χ2v) is 6.03. The Balaban J connectivity index is 1.66. The molecule has 0 radical (unpaired) electrons. The third kappa shape index (κ3) is 2.91. The molecule has 118 valence electrons. The first-order valence-corrected chi connectivity index (χ1v) is 7.65. The fraction of sp³-hybridized carbons (Fsp3) is 0.500. The number of hydrogen-bond donors (Lipinski definition) is 1. The first kappa shape index (κ1) is 14.8. The smallest absolute Gasteiger partial charge is 0.242 e. The van der Waals surface area contributed by atoms with Crippen molar-refractivity contribution in [2.24, 2.45) is 11.7 Å². The van der Waals surface area contributed by atoms with Gasteiger partial charge in [0.2, 0.25) is 11.8 Å². The number of nitrogens with zero attached hydrogens (tertiary/aromatic N) is 2. The van der Waals surface area contributed by atoms with E-state index in [0.717, 1.165) is 37.1 Å². The predicted octanol–water partition coefficient (Wildman–Crippen LogP) is 0.912. The van der Waals surface area contributed by atoms with Gasteiger partial charge in [-0.1, -0.05) is 6.07 Å². The maximum absolute atomic E-state index is 13.4. The van der Waals surface area contributed by atoms with Gasteiger partial charge in [-0.15, -0.1) is 0 Å². The standard InChI is InChI=1S/C16H20FN3O2/c17-13-4-3-11-5-7-19(14(11)8-13)10-15(21)20-6-1-2-12(9-20)16(18)22/h3-4,8,12H,1-2,5-7,9-10H2,(H2,18,22)/t12-/m0/s1. The Hall–Kier alpha value is -2.11. The summed E-state index contributed by atoms with van der Waals surface area (Å²) in [6.07, 6.45) is 2.37. The number of nitrogens with two attached hydrogens (primary N) is 1. The second-order valence-electron chi connectivity index (χ2n) is 6.03. The van der Waals surface area contributed by atoms with Crippen molar-refractivity contribution in [1.29, 1.82) is 0 Å². The normalized spacial score (nSPS) is 20.9. The summed E-state index contributed by atoms with van der Waals surface area (Å²) in [7, 11) is 0. The van der Waals surface area contributed by atoms with E-state index in [1.165, 1.54) is 12.1 Å². The average Bonchev–Trinajstić information content (AvgIpc) is 2.89. The molecule has 0 aromatic heterocycles. The van der Waals surface area contributed by atoms with Crippen molar-refractivity contribution in [2.75, 3.05) is 31.1 Å². The molecule has 22 heavy (non-hydrogen) atoms. The number of halogens is 1. The van der Waals surface area contributed by atoms with Crippen LogP contribution >= 0.6 is 0 Å². The maximum Gasteiger partial charge on any atom is 0.242 e. The molecule has 0 unspecified atom stereocenters. The number of benzene rings is 1. The molecule has 2 heterocycles. The summed E-state index contributed by atoms with van der Waals surface area (Å²) >= 11 is 0. The fourth-order valence-electron chi connectivity index (χ4n) is 3.28. The molecular formula is C16H20FN3O2. The van der Waals surface area contributed by atoms with E-state index >= 15 is 0 Å². The van der Waals surface area contributed by atoms with Crippen LogP contribution in [0.15, 0.2) is 18.2 Å². The molecule has 5 nitrogen and oxygen atoms in total. The molecule has 0 saturated carbocycles. The molecule has 1 saturated heterocycles. The molecule has 2 aliphatic rings. The van der Waals surface area contributed by atoms with Crippen LogP contribution in [0.3, 0.4) is 0 Å². The molecule has 2 N–H and O–H groups in total. The molecule has 2 amide bonds. The van der Waals surface area contributed by atoms with Crippen molar-refractivity contribution >= 4 is 17.5 Å². The summed E-state index contributed by atoms with van der Waals surface area (Å²) < 4.78 is 13.4. The molecule has 1 aromatic rings. The van der Waals surface area contributed by atoms with Crippen LogP contribution in [0.5, 0.6) is 0 Å². The van der Waals surface area contributed by atoms with Crippen LogP contribution in [0.4, 0.5) is 10.1 Å². The van der Waals surface area contributed by atoms with Crippen molar-refractivity contribution in [3.8, 4) is 0 Å². The third-order valence-electron chi connectivity index (χ3n) is 4.54. The van der Waals surface area contributed by atoms with Crippen molar-refractivity contribution in [2.45, 2.75) is 19.3 Å². The molecule has 6 heteroatoms. The van der Waals surface area contributed by atoms with Gasteiger partial charge in [-0.3, -0.25) is 9.59 Å². The highest BCUT2D eigenvalue weighted by molar-refractivity contribution is 5.84. The lowest BCUT2D eigenvalue weighted by Crippen LogP contribution is -2.47. The zero-order valence-electron chi connectivity index (χ0n) is 12.4. The Kier molecular flexibility index (Phi) is 4.00. The number of hydrogen-bond acceptors (Lipinski definition) is 3. The number of rotatable bonds is 3. The summed E-state index contributed by atoms with van der Waals surface area (Å²) in [6, 6.07) is 4.71. The Morgan fingerprint density at radius 1 is 1.32 bits per heavy atom. The van der Waals surface area contributed by atoms with E-state index in [0.29, 0.717) is 13.1 Å². The molecule has 1 fully saturated rings. The summed E-state index contributed by atoms with van der Waals surface area (Å²) in [6.45, 7) is 2.00. The number of likely N-dealkylation sites (tertiary alicyclic amines) is 1. The minimum absolute atomic E-state index is 0.0249. The van der Waals surface area contributed by atoms with Gasteiger partial charge in [0.15, 0.2) is 0 Å². The van der Waals surface area contributed by atoms with Crippen molar-refractivity contribution in [3.63, 3.8) is 0 Å². The third-order valence-corrected chi connectivity index (χ3v) is 4.54. The number of amides is 2. The van der Waals surface area contributed by atoms with Crippen LogP contribution in [0, 0.1) is 11.7 Å². The van der Waals surface area contributed by atoms with Crippen LogP contribution < -0.4 is 10.6 Å². The summed E-state index contributed by atoms with van der Waals surface area (Å²) in [5.74, 6) is -0.903. The van der Waals surface area contributed by atoms with Crippen LogP contribution in [-0.4, -0.2) is 42.9 Å². The highest BCUT2D eigenvalue weighted by Gasteiger charge is 2.29. The second kappa shape index (κ2) is 5.94. The van der Waals surface area contributed by atoms with Crippen molar-refractivity contribution < 1.29 is 14.0 Å². The SMILES string of the molecule is NC(=O)[C@H]1CCCN(C(=O)CN2CCc3ccc(F)cc32)C1. The van der Waals surface area contributed by atoms with E-state index in [2.05, 4.69) is 0 Å². The molecule has 3 rings (SSSR count). The number of fused-ring (bicyclic) bond motifs is 1. The summed E-state index contributed by atoms with van der Waals surface area (Å²) in [5.41, 5.74) is 7.22. The van der Waals surface area contributed by atoms with Gasteiger partial charge in [0.05, 0.1) is 12.5 Å². The van der Waals surface area contributed by atoms with Gasteiger partial charge in [0, 0.05) is 25.3 Å². The first-order chi connectivity index (χ1) is 10.5. The van der Waals surface area contributed by atoms with Gasteiger partial charge in [-0.2, -0.15) is 0 Å². The highest BCUT2D eigenvalue weighted by atomic mass is 19.1. The quantitative estimate of drug-likeness (QED) is 0.903. The lowest BCUT2D eigenvalue weighted by Gasteiger charge is -2.32. The topological polar surface area (TPSA) is 66.6 Å². The van der Waals surface area contributed by atoms with E-state index in [1.807, 2.05) is 4.90 Å². The zero-order valence-corrected chi connectivity index (χ0v) is 12.4.